The molecule has 2 aromatic heterocycles. The van der Waals surface area contributed by atoms with Gasteiger partial charge in [0.2, 0.25) is 11.9 Å². The molecule has 5 heterocycles. The molecule has 7 rings (SSSR count). The molecule has 2 aromatic carbocycles. The summed E-state index contributed by atoms with van der Waals surface area (Å²) in [7, 11) is 1.83. The molecule has 3 aliphatic heterocycles. The van der Waals surface area contributed by atoms with Crippen LogP contribution in [0, 0.1) is 23.1 Å². The number of fused-ring (bicyclic) bond motifs is 4. The highest BCUT2D eigenvalue weighted by Crippen LogP contribution is 2.49. The number of likely N-dealkylation sites (tertiary alicyclic amines) is 1. The summed E-state index contributed by atoms with van der Waals surface area (Å²) in [5, 5.41) is 18.2. The van der Waals surface area contributed by atoms with Crippen LogP contribution in [-0.2, 0) is 33.9 Å². The minimum atomic E-state index is -0.759. The lowest BCUT2D eigenvalue weighted by Crippen LogP contribution is -2.45. The molecule has 3 aliphatic rings. The fourth-order valence-electron chi connectivity index (χ4n) is 7.71. The largest absolute Gasteiger partial charge is 0.444 e. The third-order valence-corrected chi connectivity index (χ3v) is 11.6. The van der Waals surface area contributed by atoms with Gasteiger partial charge in [-0.3, -0.25) is 10.1 Å². The highest BCUT2D eigenvalue weighted by molar-refractivity contribution is 7.23. The van der Waals surface area contributed by atoms with Gasteiger partial charge in [-0.15, -0.1) is 11.3 Å². The number of aromatic nitrogens is 2. The molecular formula is C43H58FN7O4S. The molecule has 0 bridgehead atoms. The van der Waals surface area contributed by atoms with Crippen molar-refractivity contribution in [3.8, 4) is 17.2 Å². The number of anilines is 3. The monoisotopic (exact) mass is 787 g/mol. The van der Waals surface area contributed by atoms with Crippen LogP contribution >= 0.6 is 11.3 Å². The Labute approximate surface area is 335 Å². The van der Waals surface area contributed by atoms with Crippen molar-refractivity contribution in [1.82, 2.24) is 14.9 Å². The third-order valence-electron chi connectivity index (χ3n) is 10.5. The molecule has 0 saturated carbocycles. The van der Waals surface area contributed by atoms with Crippen molar-refractivity contribution in [2.45, 2.75) is 132 Å². The maximum Gasteiger partial charge on any atom is 0.412 e. The first-order valence-electron chi connectivity index (χ1n) is 20.1. The van der Waals surface area contributed by atoms with Crippen LogP contribution in [0.1, 0.15) is 117 Å². The van der Waals surface area contributed by atoms with Crippen LogP contribution < -0.4 is 15.5 Å². The quantitative estimate of drug-likeness (QED) is 0.196. The Morgan fingerprint density at radius 3 is 2.41 bits per heavy atom. The van der Waals surface area contributed by atoms with Gasteiger partial charge in [-0.05, 0) is 93.2 Å². The highest BCUT2D eigenvalue weighted by atomic mass is 32.1. The van der Waals surface area contributed by atoms with Gasteiger partial charge in [0, 0.05) is 37.0 Å². The molecule has 0 aliphatic carbocycles. The van der Waals surface area contributed by atoms with E-state index in [1.165, 1.54) is 12.5 Å². The van der Waals surface area contributed by atoms with E-state index < -0.39 is 23.6 Å². The lowest BCUT2D eigenvalue weighted by molar-refractivity contribution is -0.132. The first-order valence-corrected chi connectivity index (χ1v) is 20.9. The summed E-state index contributed by atoms with van der Waals surface area (Å²) < 4.78 is 27.5. The molecule has 3 unspecified atom stereocenters. The fraction of sp³-hybridized carbons (Fsp3) is 0.558. The Kier molecular flexibility index (Phi) is 13.5. The number of likely N-dealkylation sites (N-methyl/N-ethyl adjacent to an activating group) is 1. The first-order chi connectivity index (χ1) is 26.7. The zero-order chi connectivity index (χ0) is 41.1. The summed E-state index contributed by atoms with van der Waals surface area (Å²) in [4.78, 5) is 40.6. The van der Waals surface area contributed by atoms with Gasteiger partial charge in [0.05, 0.1) is 29.0 Å². The number of halogens is 1. The minimum absolute atomic E-state index is 0.0314. The van der Waals surface area contributed by atoms with Crippen LogP contribution in [0.15, 0.2) is 12.1 Å². The standard InChI is InChI=1S/C38H44FN7O4S.C3H8.C2H6/c1-8-21-28(22-11-12-26(39)32-29(22)23(16-40)34(51-32)44-37(48)50-38(4,5)6)24-17-49-18-25(24)30-31(21)42-36(46-15-13-19(2)20(46)3)43-33(30)41-27-10-9-14-45(7)35(27)47;1-3-2;1-2/h11-12,19-20,27H,8-10,13-15,17-18H2,1-7H3,(H,44,48)(H,41,42,43);3H2,1-2H3;1-2H3. The van der Waals surface area contributed by atoms with Crippen LogP contribution in [0.5, 0.6) is 0 Å². The second-order valence-electron chi connectivity index (χ2n) is 15.6. The van der Waals surface area contributed by atoms with Crippen molar-refractivity contribution in [2.24, 2.45) is 5.92 Å². The predicted molar refractivity (Wildman–Crippen MR) is 225 cm³/mol. The topological polar surface area (TPSA) is 133 Å². The number of nitrogens with zero attached hydrogens (tertiary/aromatic N) is 5. The number of amides is 2. The van der Waals surface area contributed by atoms with Gasteiger partial charge in [0.1, 0.15) is 34.3 Å². The van der Waals surface area contributed by atoms with E-state index in [9.17, 15) is 14.9 Å². The average molecular weight is 788 g/mol. The van der Waals surface area contributed by atoms with E-state index in [0.29, 0.717) is 54.7 Å². The molecule has 56 heavy (non-hydrogen) atoms. The first kappa shape index (κ1) is 42.6. The van der Waals surface area contributed by atoms with Crippen LogP contribution in [-0.4, -0.2) is 64.7 Å². The van der Waals surface area contributed by atoms with E-state index in [-0.39, 0.29) is 27.2 Å². The number of hydrogen-bond donors (Lipinski definition) is 2. The fourth-order valence-corrected chi connectivity index (χ4v) is 8.78. The molecule has 0 spiro atoms. The molecule has 2 amide bonds. The zero-order valence-electron chi connectivity index (χ0n) is 34.9. The van der Waals surface area contributed by atoms with E-state index >= 15 is 4.39 Å². The number of carbonyl (C=O) groups is 2. The Hall–Kier alpha value is -4.54. The predicted octanol–water partition coefficient (Wildman–Crippen LogP) is 10.2. The van der Waals surface area contributed by atoms with Crippen LogP contribution in [0.25, 0.3) is 32.1 Å². The normalized spacial score (nSPS) is 19.2. The molecule has 2 saturated heterocycles. The minimum Gasteiger partial charge on any atom is -0.444 e. The Morgan fingerprint density at radius 1 is 1.09 bits per heavy atom. The number of ether oxygens (including phenoxy) is 2. The van der Waals surface area contributed by atoms with Crippen LogP contribution in [0.3, 0.4) is 0 Å². The summed E-state index contributed by atoms with van der Waals surface area (Å²) in [5.41, 5.74) is 4.39. The van der Waals surface area contributed by atoms with Gasteiger partial charge in [-0.1, -0.05) is 54.0 Å². The number of aryl methyl sites for hydroxylation is 1. The van der Waals surface area contributed by atoms with Gasteiger partial charge in [-0.2, -0.15) is 10.2 Å². The number of piperidine rings is 1. The number of rotatable bonds is 6. The molecule has 2 fully saturated rings. The van der Waals surface area contributed by atoms with Gasteiger partial charge in [-0.25, -0.2) is 14.2 Å². The van der Waals surface area contributed by atoms with E-state index in [0.717, 1.165) is 70.4 Å². The zero-order valence-corrected chi connectivity index (χ0v) is 35.7. The smallest absolute Gasteiger partial charge is 0.412 e. The van der Waals surface area contributed by atoms with E-state index in [1.807, 2.05) is 20.9 Å². The molecule has 0 radical (unpaired) electrons. The third kappa shape index (κ3) is 8.28. The number of benzene rings is 2. The number of thiophene rings is 1. The Morgan fingerprint density at radius 2 is 1.79 bits per heavy atom. The number of nitrogens with one attached hydrogen (secondary N) is 2. The van der Waals surface area contributed by atoms with Gasteiger partial charge < -0.3 is 24.6 Å². The van der Waals surface area contributed by atoms with Crippen molar-refractivity contribution in [1.29, 1.82) is 5.26 Å². The van der Waals surface area contributed by atoms with E-state index in [4.69, 9.17) is 19.4 Å². The lowest BCUT2D eigenvalue weighted by atomic mass is 9.86. The van der Waals surface area contributed by atoms with Crippen LogP contribution in [0.2, 0.25) is 0 Å². The SMILES string of the molecule is CC.CCC.CCc1c(-c2ccc(F)c3sc(NC(=O)OC(C)(C)C)c(C#N)c23)c2c(c3c(NC4CCCN(C)C4=O)nc(N4CCC(C)C4C)nc13)COC2. The molecule has 302 valence electrons. The molecule has 11 nitrogen and oxygen atoms in total. The Bertz CT molecular complexity index is 2140. The molecular weight excluding hydrogens is 730 g/mol. The van der Waals surface area contributed by atoms with Gasteiger partial charge >= 0.3 is 6.09 Å². The molecule has 2 N–H and O–H groups in total. The summed E-state index contributed by atoms with van der Waals surface area (Å²) >= 11 is 1.01. The van der Waals surface area contributed by atoms with Crippen molar-refractivity contribution in [3.63, 3.8) is 0 Å². The second kappa shape index (κ2) is 17.7. The number of nitriles is 1. The van der Waals surface area contributed by atoms with Crippen molar-refractivity contribution in [2.75, 3.05) is 35.7 Å². The van der Waals surface area contributed by atoms with E-state index in [1.54, 1.807) is 31.7 Å². The summed E-state index contributed by atoms with van der Waals surface area (Å²) in [5.74, 6) is 1.21. The van der Waals surface area contributed by atoms with Gasteiger partial charge in [0.25, 0.3) is 0 Å². The molecule has 4 aromatic rings. The van der Waals surface area contributed by atoms with Crippen molar-refractivity contribution in [3.05, 3.63) is 40.2 Å². The Balaban J connectivity index is 0.00000115. The van der Waals surface area contributed by atoms with Crippen molar-refractivity contribution >= 4 is 61.1 Å². The maximum atomic E-state index is 15.6. The van der Waals surface area contributed by atoms with E-state index in [2.05, 4.69) is 56.2 Å². The summed E-state index contributed by atoms with van der Waals surface area (Å²) in [6.45, 7) is 22.1. The number of carbonyl (C=O) groups excluding carboxylic acids is 2. The average Bonchev–Trinajstić information content (AvgIpc) is 3.87. The molecule has 13 heteroatoms. The van der Waals surface area contributed by atoms with Crippen LogP contribution in [0.4, 0.5) is 26.0 Å². The lowest BCUT2D eigenvalue weighted by Gasteiger charge is -2.31. The van der Waals surface area contributed by atoms with Crippen molar-refractivity contribution < 1.29 is 23.5 Å². The summed E-state index contributed by atoms with van der Waals surface area (Å²) in [6, 6.07) is 5.16. The maximum absolute atomic E-state index is 15.6. The van der Waals surface area contributed by atoms with Gasteiger partial charge in [0.15, 0.2) is 0 Å². The summed E-state index contributed by atoms with van der Waals surface area (Å²) in [6.07, 6.45) is 3.69. The second-order valence-corrected chi connectivity index (χ2v) is 16.6. The molecule has 3 atom stereocenters. The highest BCUT2D eigenvalue weighted by Gasteiger charge is 2.35. The number of hydrogen-bond acceptors (Lipinski definition) is 10.